The molecule has 1 aromatic rings. The van der Waals surface area contributed by atoms with Gasteiger partial charge in [-0.3, -0.25) is 0 Å². The molecule has 0 spiro atoms. The summed E-state index contributed by atoms with van der Waals surface area (Å²) in [4.78, 5) is 4.43. The molecule has 2 nitrogen and oxygen atoms in total. The van der Waals surface area contributed by atoms with E-state index in [9.17, 15) is 4.39 Å². The largest absolute Gasteiger partial charge is 0.367 e. The van der Waals surface area contributed by atoms with Crippen LogP contribution in [0.1, 0.15) is 32.8 Å². The van der Waals surface area contributed by atoms with E-state index in [-0.39, 0.29) is 11.2 Å². The van der Waals surface area contributed by atoms with Gasteiger partial charge < -0.3 is 9.80 Å². The van der Waals surface area contributed by atoms with Crippen LogP contribution in [-0.2, 0) is 5.41 Å². The Morgan fingerprint density at radius 1 is 1.16 bits per heavy atom. The van der Waals surface area contributed by atoms with Crippen molar-refractivity contribution in [2.45, 2.75) is 32.6 Å². The topological polar surface area (TPSA) is 6.48 Å². The van der Waals surface area contributed by atoms with Gasteiger partial charge in [0.1, 0.15) is 5.82 Å². The highest BCUT2D eigenvalue weighted by atomic mass is 19.1. The molecule has 0 amide bonds. The lowest BCUT2D eigenvalue weighted by atomic mass is 9.82. The summed E-state index contributed by atoms with van der Waals surface area (Å²) in [5, 5.41) is 0. The van der Waals surface area contributed by atoms with Crippen LogP contribution in [0.25, 0.3) is 0 Å². The molecule has 1 saturated heterocycles. The van der Waals surface area contributed by atoms with Gasteiger partial charge in [0.15, 0.2) is 0 Å². The Kier molecular flexibility index (Phi) is 4.14. The van der Waals surface area contributed by atoms with Crippen LogP contribution in [0.4, 0.5) is 10.1 Å². The number of piperazine rings is 1. The second-order valence-electron chi connectivity index (χ2n) is 6.19. The van der Waals surface area contributed by atoms with Gasteiger partial charge in [0.25, 0.3) is 0 Å². The summed E-state index contributed by atoms with van der Waals surface area (Å²) >= 11 is 0. The molecule has 19 heavy (non-hydrogen) atoms. The van der Waals surface area contributed by atoms with Crippen LogP contribution in [0.5, 0.6) is 0 Å². The Morgan fingerprint density at radius 3 is 2.32 bits per heavy atom. The summed E-state index contributed by atoms with van der Waals surface area (Å²) in [6.07, 6.45) is 1.01. The predicted octanol–water partition coefficient (Wildman–Crippen LogP) is 3.27. The molecule has 1 aromatic carbocycles. The molecule has 3 heteroatoms. The standard InChI is InChI=1S/C16H25FN2/c1-5-16(2,3)13-6-7-15(14(17)12-13)19-10-8-18(4)9-11-19/h6-7,12H,5,8-11H2,1-4H3. The van der Waals surface area contributed by atoms with Gasteiger partial charge >= 0.3 is 0 Å². The number of nitrogens with zero attached hydrogens (tertiary/aromatic N) is 2. The molecule has 0 N–H and O–H groups in total. The van der Waals surface area contributed by atoms with Gasteiger partial charge in [0.2, 0.25) is 0 Å². The zero-order valence-electron chi connectivity index (χ0n) is 12.5. The molecule has 0 atom stereocenters. The molecule has 1 aliphatic heterocycles. The third-order valence-electron chi connectivity index (χ3n) is 4.46. The normalized spacial score (nSPS) is 17.8. The van der Waals surface area contributed by atoms with E-state index in [1.54, 1.807) is 6.07 Å². The average molecular weight is 264 g/mol. The van der Waals surface area contributed by atoms with Crippen LogP contribution in [-0.4, -0.2) is 38.1 Å². The molecule has 0 aromatic heterocycles. The van der Waals surface area contributed by atoms with E-state index in [0.717, 1.165) is 43.9 Å². The van der Waals surface area contributed by atoms with Gasteiger partial charge in [-0.15, -0.1) is 0 Å². The van der Waals surface area contributed by atoms with Crippen molar-refractivity contribution in [3.05, 3.63) is 29.6 Å². The van der Waals surface area contributed by atoms with Crippen molar-refractivity contribution in [3.8, 4) is 0 Å². The lowest BCUT2D eigenvalue weighted by molar-refractivity contribution is 0.311. The smallest absolute Gasteiger partial charge is 0.146 e. The zero-order valence-corrected chi connectivity index (χ0v) is 12.5. The Balaban J connectivity index is 2.20. The molecule has 0 unspecified atom stereocenters. The number of benzene rings is 1. The minimum atomic E-state index is -0.0800. The van der Waals surface area contributed by atoms with Crippen LogP contribution in [0.2, 0.25) is 0 Å². The maximum atomic E-state index is 14.3. The first-order valence-electron chi connectivity index (χ1n) is 7.17. The molecule has 0 saturated carbocycles. The third-order valence-corrected chi connectivity index (χ3v) is 4.46. The molecular weight excluding hydrogens is 239 g/mol. The minimum absolute atomic E-state index is 0.0431. The van der Waals surface area contributed by atoms with E-state index in [0.29, 0.717) is 0 Å². The van der Waals surface area contributed by atoms with Gasteiger partial charge in [0.05, 0.1) is 5.69 Å². The lowest BCUT2D eigenvalue weighted by Crippen LogP contribution is -2.44. The molecule has 0 aliphatic carbocycles. The van der Waals surface area contributed by atoms with Crippen molar-refractivity contribution in [3.63, 3.8) is 0 Å². The second-order valence-corrected chi connectivity index (χ2v) is 6.19. The second kappa shape index (κ2) is 5.49. The SMILES string of the molecule is CCC(C)(C)c1ccc(N2CCN(C)CC2)c(F)c1. The highest BCUT2D eigenvalue weighted by Gasteiger charge is 2.22. The summed E-state index contributed by atoms with van der Waals surface area (Å²) in [7, 11) is 2.11. The van der Waals surface area contributed by atoms with Crippen LogP contribution in [0.3, 0.4) is 0 Å². The summed E-state index contributed by atoms with van der Waals surface area (Å²) in [5.74, 6) is -0.0800. The van der Waals surface area contributed by atoms with E-state index in [4.69, 9.17) is 0 Å². The van der Waals surface area contributed by atoms with E-state index in [2.05, 4.69) is 43.7 Å². The number of anilines is 1. The number of halogens is 1. The van der Waals surface area contributed by atoms with E-state index >= 15 is 0 Å². The van der Waals surface area contributed by atoms with Crippen LogP contribution < -0.4 is 4.90 Å². The maximum Gasteiger partial charge on any atom is 0.146 e. The molecule has 0 bridgehead atoms. The third kappa shape index (κ3) is 3.08. The first-order valence-corrected chi connectivity index (χ1v) is 7.17. The maximum absolute atomic E-state index is 14.3. The molecule has 2 rings (SSSR count). The van der Waals surface area contributed by atoms with Crippen molar-refractivity contribution in [2.75, 3.05) is 38.1 Å². The Bertz CT molecular complexity index is 434. The fourth-order valence-electron chi connectivity index (χ4n) is 2.44. The highest BCUT2D eigenvalue weighted by molar-refractivity contribution is 5.50. The van der Waals surface area contributed by atoms with Gasteiger partial charge in [-0.25, -0.2) is 4.39 Å². The van der Waals surface area contributed by atoms with E-state index < -0.39 is 0 Å². The summed E-state index contributed by atoms with van der Waals surface area (Å²) in [5.41, 5.74) is 1.88. The van der Waals surface area contributed by atoms with E-state index in [1.165, 1.54) is 0 Å². The van der Waals surface area contributed by atoms with Crippen molar-refractivity contribution in [1.82, 2.24) is 4.90 Å². The zero-order chi connectivity index (χ0) is 14.0. The number of hydrogen-bond acceptors (Lipinski definition) is 2. The van der Waals surface area contributed by atoms with Crippen LogP contribution in [0, 0.1) is 5.82 Å². The van der Waals surface area contributed by atoms with Crippen molar-refractivity contribution >= 4 is 5.69 Å². The number of rotatable bonds is 3. The van der Waals surface area contributed by atoms with Crippen LogP contribution >= 0.6 is 0 Å². The molecular formula is C16H25FN2. The first-order chi connectivity index (χ1) is 8.94. The van der Waals surface area contributed by atoms with Gasteiger partial charge in [-0.05, 0) is 36.6 Å². The van der Waals surface area contributed by atoms with Crippen molar-refractivity contribution in [2.24, 2.45) is 0 Å². The van der Waals surface area contributed by atoms with Crippen LogP contribution in [0.15, 0.2) is 18.2 Å². The van der Waals surface area contributed by atoms with Gasteiger partial charge in [-0.1, -0.05) is 26.8 Å². The quantitative estimate of drug-likeness (QED) is 0.827. The molecule has 106 valence electrons. The summed E-state index contributed by atoms with van der Waals surface area (Å²) in [6, 6.07) is 5.75. The molecule has 1 heterocycles. The highest BCUT2D eigenvalue weighted by Crippen LogP contribution is 2.30. The molecule has 1 aliphatic rings. The Labute approximate surface area is 116 Å². The fourth-order valence-corrected chi connectivity index (χ4v) is 2.44. The lowest BCUT2D eigenvalue weighted by Gasteiger charge is -2.34. The minimum Gasteiger partial charge on any atom is -0.367 e. The van der Waals surface area contributed by atoms with E-state index in [1.807, 2.05) is 6.07 Å². The monoisotopic (exact) mass is 264 g/mol. The average Bonchev–Trinajstić information content (AvgIpc) is 2.40. The molecule has 0 radical (unpaired) electrons. The number of hydrogen-bond donors (Lipinski definition) is 0. The van der Waals surface area contributed by atoms with Gasteiger partial charge in [0, 0.05) is 26.2 Å². The van der Waals surface area contributed by atoms with Crippen molar-refractivity contribution in [1.29, 1.82) is 0 Å². The predicted molar refractivity (Wildman–Crippen MR) is 79.4 cm³/mol. The Hall–Kier alpha value is -1.09. The summed E-state index contributed by atoms with van der Waals surface area (Å²) in [6.45, 7) is 10.3. The van der Waals surface area contributed by atoms with Crippen molar-refractivity contribution < 1.29 is 4.39 Å². The number of likely N-dealkylation sites (N-methyl/N-ethyl adjacent to an activating group) is 1. The van der Waals surface area contributed by atoms with Gasteiger partial charge in [-0.2, -0.15) is 0 Å². The fraction of sp³-hybridized carbons (Fsp3) is 0.625. The molecule has 1 fully saturated rings. The first kappa shape index (κ1) is 14.3. The Morgan fingerprint density at radius 2 is 1.79 bits per heavy atom. The summed E-state index contributed by atoms with van der Waals surface area (Å²) < 4.78 is 14.3.